The van der Waals surface area contributed by atoms with Gasteiger partial charge in [-0.2, -0.15) is 0 Å². The lowest BCUT2D eigenvalue weighted by Gasteiger charge is -2.10. The highest BCUT2D eigenvalue weighted by molar-refractivity contribution is 14.1. The zero-order valence-electron chi connectivity index (χ0n) is 14.8. The third-order valence-electron chi connectivity index (χ3n) is 3.89. The van der Waals surface area contributed by atoms with Crippen molar-refractivity contribution >= 4 is 46.1 Å². The number of ether oxygens (including phenoxy) is 1. The Hall–Kier alpha value is -3.40. The van der Waals surface area contributed by atoms with Crippen LogP contribution >= 0.6 is 22.6 Å². The Morgan fingerprint density at radius 2 is 1.45 bits per heavy atom. The highest BCUT2D eigenvalue weighted by Gasteiger charge is 2.17. The molecule has 0 heterocycles. The summed E-state index contributed by atoms with van der Waals surface area (Å²) in [5.41, 5.74) is 0.417. The minimum atomic E-state index is -1.36. The SMILES string of the molecule is O=C(Nc1ccc(Oc2ccc(C(=O)O)c(C(=O)O)c2)cc1)c1cccc(I)c1. The molecular weight excluding hydrogens is 489 g/mol. The molecule has 0 saturated heterocycles. The minimum absolute atomic E-state index is 0.183. The fraction of sp³-hybridized carbons (Fsp3) is 0. The van der Waals surface area contributed by atoms with Crippen molar-refractivity contribution in [3.63, 3.8) is 0 Å². The van der Waals surface area contributed by atoms with E-state index < -0.39 is 11.9 Å². The van der Waals surface area contributed by atoms with Gasteiger partial charge in [-0.15, -0.1) is 0 Å². The monoisotopic (exact) mass is 503 g/mol. The molecular formula is C21H14INO6. The number of rotatable bonds is 6. The maximum absolute atomic E-state index is 12.3. The summed E-state index contributed by atoms with van der Waals surface area (Å²) in [6.07, 6.45) is 0. The van der Waals surface area contributed by atoms with Crippen LogP contribution in [-0.4, -0.2) is 28.1 Å². The molecule has 0 spiro atoms. The zero-order chi connectivity index (χ0) is 21.0. The molecule has 8 heteroatoms. The molecule has 146 valence electrons. The summed E-state index contributed by atoms with van der Waals surface area (Å²) in [5.74, 6) is -2.35. The number of amides is 1. The molecule has 0 aliphatic rings. The van der Waals surface area contributed by atoms with Crippen molar-refractivity contribution in [1.29, 1.82) is 0 Å². The second kappa shape index (κ2) is 8.74. The molecule has 0 saturated carbocycles. The van der Waals surface area contributed by atoms with E-state index in [1.165, 1.54) is 12.1 Å². The van der Waals surface area contributed by atoms with Gasteiger partial charge in [-0.3, -0.25) is 4.79 Å². The predicted octanol–water partition coefficient (Wildman–Crippen LogP) is 4.73. The summed E-state index contributed by atoms with van der Waals surface area (Å²) in [4.78, 5) is 34.6. The Kier molecular flexibility index (Phi) is 6.13. The van der Waals surface area contributed by atoms with Crippen LogP contribution in [-0.2, 0) is 0 Å². The van der Waals surface area contributed by atoms with Gasteiger partial charge >= 0.3 is 11.9 Å². The smallest absolute Gasteiger partial charge is 0.336 e. The van der Waals surface area contributed by atoms with E-state index in [-0.39, 0.29) is 22.8 Å². The molecule has 3 aromatic rings. The van der Waals surface area contributed by atoms with Gasteiger partial charge < -0.3 is 20.3 Å². The lowest BCUT2D eigenvalue weighted by molar-refractivity contribution is 0.0651. The quantitative estimate of drug-likeness (QED) is 0.420. The number of benzene rings is 3. The average molecular weight is 503 g/mol. The van der Waals surface area contributed by atoms with E-state index in [1.54, 1.807) is 42.5 Å². The number of aromatic carboxylic acids is 2. The molecule has 3 aromatic carbocycles. The Labute approximate surface area is 179 Å². The van der Waals surface area contributed by atoms with E-state index in [9.17, 15) is 19.5 Å². The summed E-state index contributed by atoms with van der Waals surface area (Å²) < 4.78 is 6.55. The fourth-order valence-corrected chi connectivity index (χ4v) is 3.07. The van der Waals surface area contributed by atoms with Crippen molar-refractivity contribution < 1.29 is 29.3 Å². The van der Waals surface area contributed by atoms with Gasteiger partial charge in [0.05, 0.1) is 11.1 Å². The number of carbonyl (C=O) groups is 3. The number of anilines is 1. The number of nitrogens with one attached hydrogen (secondary N) is 1. The lowest BCUT2D eigenvalue weighted by Crippen LogP contribution is -2.11. The first-order valence-corrected chi connectivity index (χ1v) is 9.37. The van der Waals surface area contributed by atoms with Gasteiger partial charge in [-0.05, 0) is 83.3 Å². The maximum Gasteiger partial charge on any atom is 0.336 e. The summed E-state index contributed by atoms with van der Waals surface area (Å²) in [7, 11) is 0. The zero-order valence-corrected chi connectivity index (χ0v) is 16.9. The van der Waals surface area contributed by atoms with Gasteiger partial charge in [-0.1, -0.05) is 6.07 Å². The minimum Gasteiger partial charge on any atom is -0.478 e. The summed E-state index contributed by atoms with van der Waals surface area (Å²) in [5, 5.41) is 21.0. The molecule has 0 aliphatic heterocycles. The summed E-state index contributed by atoms with van der Waals surface area (Å²) in [6.45, 7) is 0. The van der Waals surface area contributed by atoms with Crippen LogP contribution in [0.4, 0.5) is 5.69 Å². The molecule has 0 radical (unpaired) electrons. The van der Waals surface area contributed by atoms with Crippen LogP contribution in [0, 0.1) is 3.57 Å². The van der Waals surface area contributed by atoms with Gasteiger partial charge in [0, 0.05) is 14.8 Å². The van der Waals surface area contributed by atoms with E-state index in [0.29, 0.717) is 17.0 Å². The first-order valence-electron chi connectivity index (χ1n) is 8.29. The van der Waals surface area contributed by atoms with E-state index >= 15 is 0 Å². The van der Waals surface area contributed by atoms with Crippen LogP contribution in [0.3, 0.4) is 0 Å². The first-order chi connectivity index (χ1) is 13.8. The van der Waals surface area contributed by atoms with E-state index in [4.69, 9.17) is 9.84 Å². The molecule has 3 N–H and O–H groups in total. The summed E-state index contributed by atoms with van der Waals surface area (Å²) in [6, 6.07) is 17.4. The number of carboxylic acid groups (broad SMARTS) is 2. The second-order valence-corrected chi connectivity index (χ2v) is 7.15. The van der Waals surface area contributed by atoms with Gasteiger partial charge in [0.2, 0.25) is 0 Å². The summed E-state index contributed by atoms with van der Waals surface area (Å²) >= 11 is 2.13. The number of carbonyl (C=O) groups excluding carboxylic acids is 1. The van der Waals surface area contributed by atoms with Crippen LogP contribution in [0.1, 0.15) is 31.1 Å². The molecule has 7 nitrogen and oxygen atoms in total. The molecule has 3 rings (SSSR count). The van der Waals surface area contributed by atoms with Gasteiger partial charge in [0.25, 0.3) is 5.91 Å². The van der Waals surface area contributed by atoms with Gasteiger partial charge in [-0.25, -0.2) is 9.59 Å². The topological polar surface area (TPSA) is 113 Å². The second-order valence-electron chi connectivity index (χ2n) is 5.91. The molecule has 0 aromatic heterocycles. The van der Waals surface area contributed by atoms with Crippen molar-refractivity contribution in [2.75, 3.05) is 5.32 Å². The Morgan fingerprint density at radius 3 is 2.07 bits per heavy atom. The number of hydrogen-bond donors (Lipinski definition) is 3. The standard InChI is InChI=1S/C21H14INO6/c22-13-3-1-2-12(10-13)19(24)23-14-4-6-15(7-5-14)29-16-8-9-17(20(25)26)18(11-16)21(27)28/h1-11H,(H,23,24)(H,25,26)(H,27,28). The molecule has 0 aliphatic carbocycles. The predicted molar refractivity (Wildman–Crippen MR) is 114 cm³/mol. The Balaban J connectivity index is 1.72. The molecule has 0 bridgehead atoms. The molecule has 0 unspecified atom stereocenters. The van der Waals surface area contributed by atoms with Crippen LogP contribution in [0.2, 0.25) is 0 Å². The van der Waals surface area contributed by atoms with Crippen molar-refractivity contribution in [1.82, 2.24) is 0 Å². The number of carboxylic acids is 2. The van der Waals surface area contributed by atoms with E-state index in [0.717, 1.165) is 9.64 Å². The Bertz CT molecular complexity index is 1090. The number of halogens is 1. The van der Waals surface area contributed by atoms with Crippen molar-refractivity contribution in [3.8, 4) is 11.5 Å². The van der Waals surface area contributed by atoms with Crippen molar-refractivity contribution in [2.24, 2.45) is 0 Å². The van der Waals surface area contributed by atoms with Crippen LogP contribution < -0.4 is 10.1 Å². The van der Waals surface area contributed by atoms with Crippen molar-refractivity contribution in [3.05, 3.63) is 87.0 Å². The maximum atomic E-state index is 12.3. The number of hydrogen-bond acceptors (Lipinski definition) is 4. The van der Waals surface area contributed by atoms with Crippen LogP contribution in [0.15, 0.2) is 66.7 Å². The van der Waals surface area contributed by atoms with Gasteiger partial charge in [0.15, 0.2) is 0 Å². The molecule has 29 heavy (non-hydrogen) atoms. The lowest BCUT2D eigenvalue weighted by atomic mass is 10.1. The Morgan fingerprint density at radius 1 is 0.793 bits per heavy atom. The normalized spacial score (nSPS) is 10.2. The van der Waals surface area contributed by atoms with Crippen LogP contribution in [0.25, 0.3) is 0 Å². The van der Waals surface area contributed by atoms with Crippen LogP contribution in [0.5, 0.6) is 11.5 Å². The molecule has 0 atom stereocenters. The van der Waals surface area contributed by atoms with E-state index in [1.807, 2.05) is 6.07 Å². The third kappa shape index (κ3) is 5.11. The van der Waals surface area contributed by atoms with Crippen molar-refractivity contribution in [2.45, 2.75) is 0 Å². The average Bonchev–Trinajstić information content (AvgIpc) is 2.69. The third-order valence-corrected chi connectivity index (χ3v) is 4.56. The molecule has 1 amide bonds. The fourth-order valence-electron chi connectivity index (χ4n) is 2.53. The first kappa shape index (κ1) is 20.3. The van der Waals surface area contributed by atoms with Gasteiger partial charge in [0.1, 0.15) is 11.5 Å². The molecule has 0 fully saturated rings. The van der Waals surface area contributed by atoms with E-state index in [2.05, 4.69) is 27.9 Å². The highest BCUT2D eigenvalue weighted by atomic mass is 127. The largest absolute Gasteiger partial charge is 0.478 e. The highest BCUT2D eigenvalue weighted by Crippen LogP contribution is 2.26.